The molecule has 0 saturated carbocycles. The fourth-order valence-electron chi connectivity index (χ4n) is 1.27. The van der Waals surface area contributed by atoms with Crippen molar-refractivity contribution in [3.63, 3.8) is 0 Å². The molecule has 2 N–H and O–H groups in total. The van der Waals surface area contributed by atoms with E-state index in [4.69, 9.17) is 17.0 Å². The first-order valence-corrected chi connectivity index (χ1v) is 5.86. The lowest BCUT2D eigenvalue weighted by Gasteiger charge is -2.13. The maximum atomic E-state index is 5.19. The van der Waals surface area contributed by atoms with E-state index in [1.807, 2.05) is 38.4 Å². The monoisotopic (exact) mass is 253 g/mol. The third kappa shape index (κ3) is 5.51. The SMILES string of the molecule is COc1cccc(NC(=S)NCCN(C)C)c1. The fourth-order valence-corrected chi connectivity index (χ4v) is 1.49. The Morgan fingerprint density at radius 1 is 1.41 bits per heavy atom. The minimum absolute atomic E-state index is 0.625. The predicted molar refractivity (Wildman–Crippen MR) is 75.8 cm³/mol. The summed E-state index contributed by atoms with van der Waals surface area (Å²) in [5.41, 5.74) is 0.923. The summed E-state index contributed by atoms with van der Waals surface area (Å²) in [4.78, 5) is 2.10. The van der Waals surface area contributed by atoms with Gasteiger partial charge in [-0.3, -0.25) is 0 Å². The van der Waals surface area contributed by atoms with Crippen molar-refractivity contribution in [2.45, 2.75) is 0 Å². The molecule has 0 aliphatic carbocycles. The topological polar surface area (TPSA) is 36.5 Å². The fraction of sp³-hybridized carbons (Fsp3) is 0.417. The number of methoxy groups -OCH3 is 1. The lowest BCUT2D eigenvalue weighted by atomic mass is 10.3. The smallest absolute Gasteiger partial charge is 0.170 e. The van der Waals surface area contributed by atoms with Gasteiger partial charge in [0, 0.05) is 24.8 Å². The molecular formula is C12H19N3OS. The maximum Gasteiger partial charge on any atom is 0.170 e. The first-order chi connectivity index (χ1) is 8.11. The van der Waals surface area contributed by atoms with Crippen LogP contribution in [0.25, 0.3) is 0 Å². The number of hydrogen-bond acceptors (Lipinski definition) is 3. The van der Waals surface area contributed by atoms with Gasteiger partial charge in [-0.25, -0.2) is 0 Å². The Bertz CT molecular complexity index is 369. The Kier molecular flexibility index (Phi) is 5.72. The molecule has 0 saturated heterocycles. The molecule has 0 aromatic heterocycles. The zero-order valence-corrected chi connectivity index (χ0v) is 11.3. The van der Waals surface area contributed by atoms with Crippen molar-refractivity contribution >= 4 is 23.0 Å². The van der Waals surface area contributed by atoms with E-state index in [1.165, 1.54) is 0 Å². The third-order valence-electron chi connectivity index (χ3n) is 2.17. The van der Waals surface area contributed by atoms with Gasteiger partial charge in [0.25, 0.3) is 0 Å². The second kappa shape index (κ2) is 7.09. The Labute approximate surface area is 108 Å². The van der Waals surface area contributed by atoms with Crippen LogP contribution in [0, 0.1) is 0 Å². The summed E-state index contributed by atoms with van der Waals surface area (Å²) >= 11 is 5.19. The zero-order chi connectivity index (χ0) is 12.7. The molecule has 1 aromatic rings. The lowest BCUT2D eigenvalue weighted by molar-refractivity contribution is 0.413. The van der Waals surface area contributed by atoms with Gasteiger partial charge in [0.05, 0.1) is 7.11 Å². The number of anilines is 1. The molecular weight excluding hydrogens is 234 g/mol. The first-order valence-electron chi connectivity index (χ1n) is 5.45. The van der Waals surface area contributed by atoms with Crippen LogP contribution in [0.2, 0.25) is 0 Å². The summed E-state index contributed by atoms with van der Waals surface area (Å²) in [6.07, 6.45) is 0. The molecule has 0 fully saturated rings. The first kappa shape index (κ1) is 13.7. The Balaban J connectivity index is 2.39. The van der Waals surface area contributed by atoms with Crippen LogP contribution in [0.15, 0.2) is 24.3 Å². The molecule has 94 valence electrons. The lowest BCUT2D eigenvalue weighted by Crippen LogP contribution is -2.34. The number of nitrogens with zero attached hydrogens (tertiary/aromatic N) is 1. The Morgan fingerprint density at radius 2 is 2.18 bits per heavy atom. The summed E-state index contributed by atoms with van der Waals surface area (Å²) in [6.45, 7) is 1.77. The van der Waals surface area contributed by atoms with Crippen LogP contribution in [-0.2, 0) is 0 Å². The van der Waals surface area contributed by atoms with Crippen molar-refractivity contribution in [2.75, 3.05) is 39.6 Å². The van der Waals surface area contributed by atoms with E-state index in [2.05, 4.69) is 15.5 Å². The number of rotatable bonds is 5. The molecule has 1 aromatic carbocycles. The largest absolute Gasteiger partial charge is 0.497 e. The van der Waals surface area contributed by atoms with Crippen LogP contribution in [0.4, 0.5) is 5.69 Å². The van der Waals surface area contributed by atoms with Gasteiger partial charge in [0.2, 0.25) is 0 Å². The van der Waals surface area contributed by atoms with Gasteiger partial charge in [0.1, 0.15) is 5.75 Å². The normalized spacial score (nSPS) is 10.1. The molecule has 0 aliphatic rings. The third-order valence-corrected chi connectivity index (χ3v) is 2.42. The van der Waals surface area contributed by atoms with Crippen molar-refractivity contribution in [1.29, 1.82) is 0 Å². The van der Waals surface area contributed by atoms with Crippen LogP contribution in [0.3, 0.4) is 0 Å². The van der Waals surface area contributed by atoms with Crippen molar-refractivity contribution in [1.82, 2.24) is 10.2 Å². The zero-order valence-electron chi connectivity index (χ0n) is 10.5. The van der Waals surface area contributed by atoms with Crippen LogP contribution < -0.4 is 15.4 Å². The molecule has 17 heavy (non-hydrogen) atoms. The molecule has 0 spiro atoms. The van der Waals surface area contributed by atoms with Gasteiger partial charge in [0.15, 0.2) is 5.11 Å². The Hall–Kier alpha value is -1.33. The second-order valence-electron chi connectivity index (χ2n) is 3.92. The number of nitrogens with one attached hydrogen (secondary N) is 2. The van der Waals surface area contributed by atoms with Gasteiger partial charge in [-0.1, -0.05) is 6.07 Å². The number of likely N-dealkylation sites (N-methyl/N-ethyl adjacent to an activating group) is 1. The van der Waals surface area contributed by atoms with Gasteiger partial charge < -0.3 is 20.3 Å². The van der Waals surface area contributed by atoms with Crippen molar-refractivity contribution in [3.8, 4) is 5.75 Å². The summed E-state index contributed by atoms with van der Waals surface area (Å²) in [7, 11) is 5.70. The summed E-state index contributed by atoms with van der Waals surface area (Å²) in [6, 6.07) is 7.67. The molecule has 5 heteroatoms. The van der Waals surface area contributed by atoms with Crippen LogP contribution in [0.5, 0.6) is 5.75 Å². The molecule has 0 unspecified atom stereocenters. The van der Waals surface area contributed by atoms with E-state index in [-0.39, 0.29) is 0 Å². The van der Waals surface area contributed by atoms with E-state index in [0.29, 0.717) is 5.11 Å². The van der Waals surface area contributed by atoms with E-state index < -0.39 is 0 Å². The van der Waals surface area contributed by atoms with Crippen molar-refractivity contribution in [3.05, 3.63) is 24.3 Å². The standard InChI is InChI=1S/C12H19N3OS/c1-15(2)8-7-13-12(17)14-10-5-4-6-11(9-10)16-3/h4-6,9H,7-8H2,1-3H3,(H2,13,14,17). The summed E-state index contributed by atoms with van der Waals surface area (Å²) in [5, 5.41) is 6.88. The van der Waals surface area contributed by atoms with Crippen LogP contribution in [0.1, 0.15) is 0 Å². The van der Waals surface area contributed by atoms with Gasteiger partial charge in [-0.05, 0) is 38.4 Å². The van der Waals surface area contributed by atoms with Gasteiger partial charge >= 0.3 is 0 Å². The highest BCUT2D eigenvalue weighted by atomic mass is 32.1. The van der Waals surface area contributed by atoms with Crippen LogP contribution >= 0.6 is 12.2 Å². The highest BCUT2D eigenvalue weighted by Crippen LogP contribution is 2.16. The highest BCUT2D eigenvalue weighted by Gasteiger charge is 1.99. The van der Waals surface area contributed by atoms with Crippen molar-refractivity contribution in [2.24, 2.45) is 0 Å². The number of thiocarbonyl (C=S) groups is 1. The summed E-state index contributed by atoms with van der Waals surface area (Å²) in [5.74, 6) is 0.811. The molecule has 0 aliphatic heterocycles. The molecule has 0 radical (unpaired) electrons. The quantitative estimate of drug-likeness (QED) is 0.779. The minimum atomic E-state index is 0.625. The van der Waals surface area contributed by atoms with Crippen molar-refractivity contribution < 1.29 is 4.74 Å². The van der Waals surface area contributed by atoms with E-state index in [9.17, 15) is 0 Å². The second-order valence-corrected chi connectivity index (χ2v) is 4.32. The summed E-state index contributed by atoms with van der Waals surface area (Å²) < 4.78 is 5.14. The van der Waals surface area contributed by atoms with Gasteiger partial charge in [-0.15, -0.1) is 0 Å². The Morgan fingerprint density at radius 3 is 2.82 bits per heavy atom. The van der Waals surface area contributed by atoms with E-state index in [0.717, 1.165) is 24.5 Å². The van der Waals surface area contributed by atoms with Gasteiger partial charge in [-0.2, -0.15) is 0 Å². The molecule has 4 nitrogen and oxygen atoms in total. The number of hydrogen-bond donors (Lipinski definition) is 2. The predicted octanol–water partition coefficient (Wildman–Crippen LogP) is 1.54. The van der Waals surface area contributed by atoms with E-state index >= 15 is 0 Å². The van der Waals surface area contributed by atoms with Crippen LogP contribution in [-0.4, -0.2) is 44.3 Å². The molecule has 0 bridgehead atoms. The molecule has 1 rings (SSSR count). The molecule has 0 atom stereocenters. The maximum absolute atomic E-state index is 5.19. The average molecular weight is 253 g/mol. The number of ether oxygens (including phenoxy) is 1. The minimum Gasteiger partial charge on any atom is -0.497 e. The molecule has 0 amide bonds. The molecule has 0 heterocycles. The average Bonchev–Trinajstić information content (AvgIpc) is 2.28. The number of benzene rings is 1. The highest BCUT2D eigenvalue weighted by molar-refractivity contribution is 7.80. The van der Waals surface area contributed by atoms with E-state index in [1.54, 1.807) is 7.11 Å².